The molecule has 86 valence electrons. The zero-order chi connectivity index (χ0) is 11.3. The van der Waals surface area contributed by atoms with Gasteiger partial charge in [0.05, 0.1) is 0 Å². The van der Waals surface area contributed by atoms with Crippen molar-refractivity contribution >= 4 is 11.9 Å². The quantitative estimate of drug-likeness (QED) is 0.611. The summed E-state index contributed by atoms with van der Waals surface area (Å²) in [5, 5.41) is 20.4. The third-order valence-corrected chi connectivity index (χ3v) is 2.74. The Morgan fingerprint density at radius 2 is 1.87 bits per heavy atom. The summed E-state index contributed by atoms with van der Waals surface area (Å²) in [4.78, 5) is 21.2. The lowest BCUT2D eigenvalue weighted by atomic mass is 10.1. The third-order valence-electron chi connectivity index (χ3n) is 2.74. The molecule has 0 aromatic heterocycles. The second-order valence-corrected chi connectivity index (χ2v) is 3.97. The summed E-state index contributed by atoms with van der Waals surface area (Å²) in [6.45, 7) is 0. The fourth-order valence-electron chi connectivity index (χ4n) is 1.92. The Bertz CT molecular complexity index is 236. The SMILES string of the molecule is O=C(O)CCC(NC1CCCC1)C(=O)O. The first-order valence-corrected chi connectivity index (χ1v) is 5.30. The number of carbonyl (C=O) groups is 2. The molecule has 1 rings (SSSR count). The number of nitrogens with one attached hydrogen (secondary N) is 1. The van der Waals surface area contributed by atoms with Crippen LogP contribution in [0.3, 0.4) is 0 Å². The van der Waals surface area contributed by atoms with Crippen LogP contribution in [-0.2, 0) is 9.59 Å². The van der Waals surface area contributed by atoms with Crippen molar-refractivity contribution in [3.63, 3.8) is 0 Å². The molecule has 0 heterocycles. The summed E-state index contributed by atoms with van der Waals surface area (Å²) in [5.74, 6) is -1.90. The monoisotopic (exact) mass is 215 g/mol. The lowest BCUT2D eigenvalue weighted by Gasteiger charge is -2.18. The van der Waals surface area contributed by atoms with Gasteiger partial charge >= 0.3 is 11.9 Å². The molecule has 1 atom stereocenters. The second-order valence-electron chi connectivity index (χ2n) is 3.97. The first-order chi connectivity index (χ1) is 7.09. The van der Waals surface area contributed by atoms with E-state index in [4.69, 9.17) is 10.2 Å². The van der Waals surface area contributed by atoms with Gasteiger partial charge in [0.15, 0.2) is 0 Å². The average Bonchev–Trinajstić information content (AvgIpc) is 2.63. The van der Waals surface area contributed by atoms with Crippen LogP contribution in [0.1, 0.15) is 38.5 Å². The molecule has 1 saturated carbocycles. The fraction of sp³-hybridized carbons (Fsp3) is 0.800. The minimum atomic E-state index is -0.955. The number of hydrogen-bond donors (Lipinski definition) is 3. The van der Waals surface area contributed by atoms with Gasteiger partial charge in [-0.25, -0.2) is 0 Å². The molecular weight excluding hydrogens is 198 g/mol. The van der Waals surface area contributed by atoms with E-state index in [9.17, 15) is 9.59 Å². The van der Waals surface area contributed by atoms with E-state index in [1.807, 2.05) is 0 Å². The molecule has 0 aromatic rings. The van der Waals surface area contributed by atoms with Crippen LogP contribution in [0.2, 0.25) is 0 Å². The summed E-state index contributed by atoms with van der Waals surface area (Å²) in [5.41, 5.74) is 0. The van der Waals surface area contributed by atoms with Crippen LogP contribution >= 0.6 is 0 Å². The molecule has 5 heteroatoms. The van der Waals surface area contributed by atoms with Crippen molar-refractivity contribution in [3.8, 4) is 0 Å². The molecule has 0 saturated heterocycles. The van der Waals surface area contributed by atoms with E-state index in [0.29, 0.717) is 0 Å². The summed E-state index contributed by atoms with van der Waals surface area (Å²) in [6.07, 6.45) is 4.30. The topological polar surface area (TPSA) is 86.6 Å². The molecule has 3 N–H and O–H groups in total. The highest BCUT2D eigenvalue weighted by Crippen LogP contribution is 2.18. The summed E-state index contributed by atoms with van der Waals surface area (Å²) < 4.78 is 0. The van der Waals surface area contributed by atoms with Gasteiger partial charge in [0.25, 0.3) is 0 Å². The van der Waals surface area contributed by atoms with Crippen molar-refractivity contribution in [2.24, 2.45) is 0 Å². The summed E-state index contributed by atoms with van der Waals surface area (Å²) >= 11 is 0. The second kappa shape index (κ2) is 5.70. The van der Waals surface area contributed by atoms with Gasteiger partial charge in [-0.05, 0) is 19.3 Å². The van der Waals surface area contributed by atoms with Gasteiger partial charge < -0.3 is 15.5 Å². The van der Waals surface area contributed by atoms with Crippen LogP contribution < -0.4 is 5.32 Å². The largest absolute Gasteiger partial charge is 0.481 e. The molecule has 15 heavy (non-hydrogen) atoms. The van der Waals surface area contributed by atoms with Crippen molar-refractivity contribution in [1.29, 1.82) is 0 Å². The molecular formula is C10H17NO4. The molecule has 5 nitrogen and oxygen atoms in total. The summed E-state index contributed by atoms with van der Waals surface area (Å²) in [6, 6.07) is -0.468. The van der Waals surface area contributed by atoms with Gasteiger partial charge in [-0.15, -0.1) is 0 Å². The number of carboxylic acid groups (broad SMARTS) is 2. The van der Waals surface area contributed by atoms with Crippen LogP contribution in [-0.4, -0.2) is 34.2 Å². The predicted molar refractivity (Wildman–Crippen MR) is 53.7 cm³/mol. The van der Waals surface area contributed by atoms with Crippen molar-refractivity contribution in [1.82, 2.24) is 5.32 Å². The first kappa shape index (κ1) is 12.0. The maximum atomic E-state index is 10.8. The van der Waals surface area contributed by atoms with E-state index in [0.717, 1.165) is 25.7 Å². The zero-order valence-electron chi connectivity index (χ0n) is 8.61. The van der Waals surface area contributed by atoms with Gasteiger partial charge in [0.2, 0.25) is 0 Å². The van der Waals surface area contributed by atoms with Crippen LogP contribution in [0.4, 0.5) is 0 Å². The Balaban J connectivity index is 2.35. The standard InChI is InChI=1S/C10H17NO4/c12-9(13)6-5-8(10(14)15)11-7-3-1-2-4-7/h7-8,11H,1-6H2,(H,12,13)(H,14,15). The van der Waals surface area contributed by atoms with E-state index in [2.05, 4.69) is 5.32 Å². The van der Waals surface area contributed by atoms with Gasteiger partial charge in [0, 0.05) is 12.5 Å². The molecule has 0 amide bonds. The first-order valence-electron chi connectivity index (χ1n) is 5.30. The lowest BCUT2D eigenvalue weighted by molar-refractivity contribution is -0.141. The van der Waals surface area contributed by atoms with E-state index in [-0.39, 0.29) is 18.9 Å². The van der Waals surface area contributed by atoms with Crippen LogP contribution in [0, 0.1) is 0 Å². The Hall–Kier alpha value is -1.10. The molecule has 0 aliphatic heterocycles. The Labute approximate surface area is 88.5 Å². The molecule has 0 bridgehead atoms. The summed E-state index contributed by atoms with van der Waals surface area (Å²) in [7, 11) is 0. The van der Waals surface area contributed by atoms with Crippen molar-refractivity contribution in [2.45, 2.75) is 50.6 Å². The van der Waals surface area contributed by atoms with Crippen LogP contribution in [0.15, 0.2) is 0 Å². The Morgan fingerprint density at radius 1 is 1.27 bits per heavy atom. The molecule has 1 aliphatic rings. The van der Waals surface area contributed by atoms with E-state index < -0.39 is 18.0 Å². The molecule has 1 aliphatic carbocycles. The lowest BCUT2D eigenvalue weighted by Crippen LogP contribution is -2.42. The van der Waals surface area contributed by atoms with Gasteiger partial charge in [-0.2, -0.15) is 0 Å². The highest BCUT2D eigenvalue weighted by molar-refractivity contribution is 5.75. The molecule has 0 spiro atoms. The van der Waals surface area contributed by atoms with E-state index in [1.54, 1.807) is 0 Å². The Kier molecular flexibility index (Phi) is 4.55. The third kappa shape index (κ3) is 4.29. The van der Waals surface area contributed by atoms with Gasteiger partial charge in [-0.3, -0.25) is 9.59 Å². The Morgan fingerprint density at radius 3 is 2.33 bits per heavy atom. The van der Waals surface area contributed by atoms with E-state index >= 15 is 0 Å². The number of aliphatic carboxylic acids is 2. The molecule has 1 fully saturated rings. The van der Waals surface area contributed by atoms with E-state index in [1.165, 1.54) is 0 Å². The highest BCUT2D eigenvalue weighted by atomic mass is 16.4. The fourth-order valence-corrected chi connectivity index (χ4v) is 1.92. The highest BCUT2D eigenvalue weighted by Gasteiger charge is 2.24. The van der Waals surface area contributed by atoms with Crippen LogP contribution in [0.5, 0.6) is 0 Å². The van der Waals surface area contributed by atoms with Crippen molar-refractivity contribution in [3.05, 3.63) is 0 Å². The van der Waals surface area contributed by atoms with Crippen molar-refractivity contribution < 1.29 is 19.8 Å². The predicted octanol–water partition coefficient (Wildman–Crippen LogP) is 0.837. The van der Waals surface area contributed by atoms with Gasteiger partial charge in [-0.1, -0.05) is 12.8 Å². The molecule has 0 aromatic carbocycles. The smallest absolute Gasteiger partial charge is 0.320 e. The normalized spacial score (nSPS) is 18.9. The molecule has 0 radical (unpaired) electrons. The maximum absolute atomic E-state index is 10.8. The van der Waals surface area contributed by atoms with Gasteiger partial charge in [0.1, 0.15) is 6.04 Å². The number of rotatable bonds is 6. The molecule has 1 unspecified atom stereocenters. The number of carboxylic acids is 2. The van der Waals surface area contributed by atoms with Crippen molar-refractivity contribution in [2.75, 3.05) is 0 Å². The number of hydrogen-bond acceptors (Lipinski definition) is 3. The average molecular weight is 215 g/mol. The maximum Gasteiger partial charge on any atom is 0.320 e. The minimum absolute atomic E-state index is 0.101. The zero-order valence-corrected chi connectivity index (χ0v) is 8.61. The van der Waals surface area contributed by atoms with Crippen LogP contribution in [0.25, 0.3) is 0 Å². The minimum Gasteiger partial charge on any atom is -0.481 e.